The summed E-state index contributed by atoms with van der Waals surface area (Å²) in [6.45, 7) is 1.66. The maximum absolute atomic E-state index is 11.7. The van der Waals surface area contributed by atoms with E-state index in [0.29, 0.717) is 10.6 Å². The van der Waals surface area contributed by atoms with Gasteiger partial charge in [0.05, 0.1) is 5.02 Å². The van der Waals surface area contributed by atoms with E-state index in [1.807, 2.05) is 0 Å². The van der Waals surface area contributed by atoms with Crippen molar-refractivity contribution in [1.82, 2.24) is 0 Å². The molecule has 0 saturated carbocycles. The molecule has 0 atom stereocenters. The summed E-state index contributed by atoms with van der Waals surface area (Å²) < 4.78 is 0.315. The van der Waals surface area contributed by atoms with Gasteiger partial charge >= 0.3 is 11.6 Å². The number of hydrogen-bond acceptors (Lipinski definition) is 4. The molecule has 0 unspecified atom stereocenters. The Bertz CT molecular complexity index is 679. The summed E-state index contributed by atoms with van der Waals surface area (Å²) >= 11 is 5.83. The van der Waals surface area contributed by atoms with Crippen molar-refractivity contribution in [2.45, 2.75) is 6.92 Å². The molecule has 6 nitrogen and oxygen atoms in total. The van der Waals surface area contributed by atoms with Crippen LogP contribution in [0.2, 0.25) is 5.02 Å². The highest BCUT2D eigenvalue weighted by atomic mass is 35.5. The molecule has 0 aliphatic rings. The fraction of sp³-hybridized carbons (Fsp3) is 0.100. The van der Waals surface area contributed by atoms with Gasteiger partial charge in [-0.2, -0.15) is 5.26 Å². The fourth-order valence-electron chi connectivity index (χ4n) is 1.50. The van der Waals surface area contributed by atoms with Gasteiger partial charge in [-0.1, -0.05) is 11.6 Å². The average Bonchev–Trinajstić information content (AvgIpc) is 2.30. The summed E-state index contributed by atoms with van der Waals surface area (Å²) in [6, 6.07) is 4.14. The number of hydrogen-bond donors (Lipinski definition) is 1. The van der Waals surface area contributed by atoms with E-state index >= 15 is 0 Å². The highest BCUT2D eigenvalue weighted by Crippen LogP contribution is 2.21. The predicted octanol–water partition coefficient (Wildman–Crippen LogP) is 0.646. The lowest BCUT2D eigenvalue weighted by Gasteiger charge is -2.07. The van der Waals surface area contributed by atoms with Gasteiger partial charge in [-0.3, -0.25) is 0 Å². The fourth-order valence-corrected chi connectivity index (χ4v) is 1.66. The van der Waals surface area contributed by atoms with Gasteiger partial charge in [-0.15, -0.1) is 9.46 Å². The Balaban J connectivity index is 3.05. The van der Waals surface area contributed by atoms with Crippen molar-refractivity contribution in [3.05, 3.63) is 38.8 Å². The van der Waals surface area contributed by atoms with Crippen LogP contribution in [0, 0.1) is 28.7 Å². The Hall–Kier alpha value is -2.26. The van der Waals surface area contributed by atoms with Gasteiger partial charge < -0.3 is 15.5 Å². The van der Waals surface area contributed by atoms with Crippen molar-refractivity contribution in [3.8, 4) is 11.9 Å². The van der Waals surface area contributed by atoms with Crippen molar-refractivity contribution >= 4 is 22.6 Å². The quantitative estimate of drug-likeness (QED) is 0.549. The van der Waals surface area contributed by atoms with Crippen LogP contribution in [0.4, 0.5) is 0 Å². The summed E-state index contributed by atoms with van der Waals surface area (Å²) in [5, 5.41) is 41.8. The zero-order chi connectivity index (χ0) is 12.7. The monoisotopic (exact) mass is 251 g/mol. The van der Waals surface area contributed by atoms with Crippen LogP contribution in [0.15, 0.2) is 12.1 Å². The number of aromatic nitrogens is 2. The maximum Gasteiger partial charge on any atom is 0.465 e. The summed E-state index contributed by atoms with van der Waals surface area (Å²) in [6.07, 6.45) is 0. The molecule has 0 aliphatic carbocycles. The highest BCUT2D eigenvalue weighted by molar-refractivity contribution is 6.31. The molecule has 0 aliphatic heterocycles. The number of benzene rings is 1. The number of nitriles is 1. The molecule has 0 radical (unpaired) electrons. The number of halogens is 1. The summed E-state index contributed by atoms with van der Waals surface area (Å²) in [5.74, 6) is -0.935. The second kappa shape index (κ2) is 3.64. The first-order valence-electron chi connectivity index (χ1n) is 4.55. The number of nitrogens with zero attached hydrogens (tertiary/aromatic N) is 3. The zero-order valence-electron chi connectivity index (χ0n) is 8.64. The summed E-state index contributed by atoms with van der Waals surface area (Å²) in [4.78, 5) is 0. The normalized spacial score (nSPS) is 10.4. The Morgan fingerprint density at radius 3 is 2.47 bits per heavy atom. The number of fused-ring (bicyclic) bond motifs is 1. The molecule has 0 fully saturated rings. The van der Waals surface area contributed by atoms with E-state index in [2.05, 4.69) is 0 Å². The Morgan fingerprint density at radius 1 is 1.29 bits per heavy atom. The molecule has 1 N–H and O–H groups in total. The van der Waals surface area contributed by atoms with Crippen molar-refractivity contribution in [2.24, 2.45) is 0 Å². The largest absolute Gasteiger partial charge is 0.617 e. The average molecular weight is 252 g/mol. The molecule has 1 aromatic carbocycles. The summed E-state index contributed by atoms with van der Waals surface area (Å²) in [7, 11) is 0. The molecule has 0 bridgehead atoms. The van der Waals surface area contributed by atoms with Crippen molar-refractivity contribution in [2.75, 3.05) is 0 Å². The van der Waals surface area contributed by atoms with Crippen LogP contribution >= 0.6 is 11.6 Å². The molecule has 0 amide bonds. The number of aromatic hydroxyl groups is 1. The Morgan fingerprint density at radius 2 is 1.88 bits per heavy atom. The van der Waals surface area contributed by atoms with Crippen molar-refractivity contribution in [3.63, 3.8) is 0 Å². The van der Waals surface area contributed by atoms with Gasteiger partial charge in [0.15, 0.2) is 6.07 Å². The lowest BCUT2D eigenvalue weighted by atomic mass is 10.2. The molecule has 7 heteroatoms. The van der Waals surface area contributed by atoms with Crippen LogP contribution in [0.5, 0.6) is 5.88 Å². The molecule has 2 rings (SSSR count). The standard InChI is InChI=1S/C10H6ClN3O3/c1-5-2-7-8(3-6(5)11)14(17)10(15)9(4-12)13(7)16/h2-3,15H,1H3. The van der Waals surface area contributed by atoms with E-state index in [-0.39, 0.29) is 20.5 Å². The minimum atomic E-state index is -0.935. The Labute approximate surface area is 101 Å². The van der Waals surface area contributed by atoms with Crippen molar-refractivity contribution in [1.29, 1.82) is 5.26 Å². The van der Waals surface area contributed by atoms with Gasteiger partial charge in [-0.25, -0.2) is 0 Å². The molecule has 1 heterocycles. The van der Waals surface area contributed by atoms with Crippen LogP contribution in [0.1, 0.15) is 11.3 Å². The molecule has 1 aromatic heterocycles. The van der Waals surface area contributed by atoms with E-state index in [0.717, 1.165) is 0 Å². The van der Waals surface area contributed by atoms with E-state index in [1.165, 1.54) is 18.2 Å². The molecule has 0 saturated heterocycles. The first-order chi connectivity index (χ1) is 7.97. The molecule has 0 spiro atoms. The van der Waals surface area contributed by atoms with Gasteiger partial charge in [0.1, 0.15) is 0 Å². The lowest BCUT2D eigenvalue weighted by molar-refractivity contribution is -0.636. The van der Waals surface area contributed by atoms with E-state index in [4.69, 9.17) is 16.9 Å². The van der Waals surface area contributed by atoms with Crippen molar-refractivity contribution < 1.29 is 14.6 Å². The smallest absolute Gasteiger partial charge is 0.465 e. The third-order valence-electron chi connectivity index (χ3n) is 2.41. The van der Waals surface area contributed by atoms with E-state index in [9.17, 15) is 15.5 Å². The lowest BCUT2D eigenvalue weighted by Crippen LogP contribution is -2.41. The van der Waals surface area contributed by atoms with Crippen LogP contribution < -0.4 is 9.46 Å². The van der Waals surface area contributed by atoms with Crippen LogP contribution in [0.3, 0.4) is 0 Å². The van der Waals surface area contributed by atoms with E-state index in [1.54, 1.807) is 6.92 Å². The minimum Gasteiger partial charge on any atom is -0.617 e. The third-order valence-corrected chi connectivity index (χ3v) is 2.81. The predicted molar refractivity (Wildman–Crippen MR) is 58.0 cm³/mol. The first-order valence-corrected chi connectivity index (χ1v) is 4.93. The number of aryl methyl sites for hydroxylation is 1. The van der Waals surface area contributed by atoms with Crippen LogP contribution in [-0.2, 0) is 0 Å². The number of rotatable bonds is 0. The molecule has 2 aromatic rings. The SMILES string of the molecule is Cc1cc2c(cc1Cl)[n+]([O-])c(O)c(C#N)[n+]2[O-]. The molecule has 17 heavy (non-hydrogen) atoms. The van der Waals surface area contributed by atoms with Crippen LogP contribution in [-0.4, -0.2) is 5.11 Å². The molecular formula is C10H6ClN3O3. The maximum atomic E-state index is 11.7. The van der Waals surface area contributed by atoms with Gasteiger partial charge in [0, 0.05) is 12.1 Å². The third kappa shape index (κ3) is 1.48. The van der Waals surface area contributed by atoms with Gasteiger partial charge in [0.25, 0.3) is 11.0 Å². The van der Waals surface area contributed by atoms with Gasteiger partial charge in [-0.05, 0) is 12.5 Å². The molecule has 86 valence electrons. The van der Waals surface area contributed by atoms with Crippen LogP contribution in [0.25, 0.3) is 11.0 Å². The molecular weight excluding hydrogens is 246 g/mol. The van der Waals surface area contributed by atoms with Gasteiger partial charge in [0.2, 0.25) is 0 Å². The second-order valence-corrected chi connectivity index (χ2v) is 3.87. The summed E-state index contributed by atoms with van der Waals surface area (Å²) in [5.41, 5.74) is -0.157. The first kappa shape index (κ1) is 11.2. The topological polar surface area (TPSA) is 97.9 Å². The second-order valence-electron chi connectivity index (χ2n) is 3.46. The minimum absolute atomic E-state index is 0.0174. The highest BCUT2D eigenvalue weighted by Gasteiger charge is 2.28. The zero-order valence-corrected chi connectivity index (χ0v) is 9.39. The Kier molecular flexibility index (Phi) is 2.41. The van der Waals surface area contributed by atoms with E-state index < -0.39 is 11.6 Å².